The highest BCUT2D eigenvalue weighted by atomic mass is 16.3. The minimum Gasteiger partial charge on any atom is -0.392 e. The molecule has 0 amide bonds. The molecular weight excluding hydrogens is 228 g/mol. The van der Waals surface area contributed by atoms with Crippen molar-refractivity contribution in [2.24, 2.45) is 0 Å². The molecule has 1 heterocycles. The zero-order valence-corrected chi connectivity index (χ0v) is 10.5. The van der Waals surface area contributed by atoms with Crippen molar-refractivity contribution in [3.05, 3.63) is 41.6 Å². The Bertz CT molecular complexity index is 478. The zero-order chi connectivity index (χ0) is 12.8. The third-order valence-electron chi connectivity index (χ3n) is 2.73. The predicted molar refractivity (Wildman–Crippen MR) is 70.0 cm³/mol. The molecule has 0 saturated carbocycles. The standard InChI is InChI=1S/C13H18N4O/c1-2-7-17-13(9-15-16-17)14-8-11-3-5-12(10-18)6-4-11/h3-6,9,14,18H,2,7-8,10H2,1H3. The summed E-state index contributed by atoms with van der Waals surface area (Å²) in [6.45, 7) is 3.79. The number of nitrogens with zero attached hydrogens (tertiary/aromatic N) is 3. The lowest BCUT2D eigenvalue weighted by atomic mass is 10.1. The third kappa shape index (κ3) is 3.07. The molecule has 18 heavy (non-hydrogen) atoms. The topological polar surface area (TPSA) is 63.0 Å². The van der Waals surface area contributed by atoms with Crippen LogP contribution in [0, 0.1) is 0 Å². The molecular formula is C13H18N4O. The summed E-state index contributed by atoms with van der Waals surface area (Å²) in [7, 11) is 0. The summed E-state index contributed by atoms with van der Waals surface area (Å²) in [6, 6.07) is 7.87. The second-order valence-electron chi connectivity index (χ2n) is 4.17. The molecule has 2 N–H and O–H groups in total. The molecule has 0 atom stereocenters. The van der Waals surface area contributed by atoms with Crippen molar-refractivity contribution in [2.75, 3.05) is 5.32 Å². The van der Waals surface area contributed by atoms with Gasteiger partial charge in [0.05, 0.1) is 12.8 Å². The van der Waals surface area contributed by atoms with Crippen molar-refractivity contribution in [2.45, 2.75) is 33.0 Å². The van der Waals surface area contributed by atoms with Gasteiger partial charge in [0.15, 0.2) is 0 Å². The molecule has 96 valence electrons. The zero-order valence-electron chi connectivity index (χ0n) is 10.5. The fraction of sp³-hybridized carbons (Fsp3) is 0.385. The van der Waals surface area contributed by atoms with Crippen LogP contribution >= 0.6 is 0 Å². The molecule has 5 heteroatoms. The third-order valence-corrected chi connectivity index (χ3v) is 2.73. The van der Waals surface area contributed by atoms with Crippen LogP contribution in [0.2, 0.25) is 0 Å². The summed E-state index contributed by atoms with van der Waals surface area (Å²) < 4.78 is 1.86. The second kappa shape index (κ2) is 6.16. The Hall–Kier alpha value is -1.88. The fourth-order valence-electron chi connectivity index (χ4n) is 1.73. The van der Waals surface area contributed by atoms with Crippen molar-refractivity contribution in [1.29, 1.82) is 0 Å². The fourth-order valence-corrected chi connectivity index (χ4v) is 1.73. The van der Waals surface area contributed by atoms with E-state index >= 15 is 0 Å². The lowest BCUT2D eigenvalue weighted by molar-refractivity contribution is 0.282. The first-order chi connectivity index (χ1) is 8.83. The minimum atomic E-state index is 0.0842. The number of aryl methyl sites for hydroxylation is 1. The van der Waals surface area contributed by atoms with Crippen LogP contribution in [0.1, 0.15) is 24.5 Å². The molecule has 0 unspecified atom stereocenters. The molecule has 0 bridgehead atoms. The Labute approximate surface area is 106 Å². The second-order valence-corrected chi connectivity index (χ2v) is 4.17. The van der Waals surface area contributed by atoms with Gasteiger partial charge >= 0.3 is 0 Å². The van der Waals surface area contributed by atoms with Gasteiger partial charge < -0.3 is 10.4 Å². The summed E-state index contributed by atoms with van der Waals surface area (Å²) in [5.74, 6) is 0.933. The monoisotopic (exact) mass is 246 g/mol. The number of aromatic nitrogens is 3. The first-order valence-corrected chi connectivity index (χ1v) is 6.14. The molecule has 0 spiro atoms. The molecule has 0 radical (unpaired) electrons. The van der Waals surface area contributed by atoms with Crippen molar-refractivity contribution in [1.82, 2.24) is 15.0 Å². The van der Waals surface area contributed by atoms with Gasteiger partial charge in [-0.25, -0.2) is 4.68 Å². The first kappa shape index (κ1) is 12.6. The molecule has 2 aromatic rings. The Morgan fingerprint density at radius 1 is 1.22 bits per heavy atom. The van der Waals surface area contributed by atoms with E-state index in [0.29, 0.717) is 0 Å². The highest BCUT2D eigenvalue weighted by molar-refractivity contribution is 5.33. The van der Waals surface area contributed by atoms with Crippen molar-refractivity contribution < 1.29 is 5.11 Å². The Morgan fingerprint density at radius 3 is 2.61 bits per heavy atom. The molecule has 0 aliphatic rings. The Kier molecular flexibility index (Phi) is 4.30. The number of benzene rings is 1. The van der Waals surface area contributed by atoms with Crippen LogP contribution in [0.3, 0.4) is 0 Å². The van der Waals surface area contributed by atoms with E-state index in [4.69, 9.17) is 5.11 Å². The van der Waals surface area contributed by atoms with E-state index in [1.165, 1.54) is 0 Å². The quantitative estimate of drug-likeness (QED) is 0.815. The van der Waals surface area contributed by atoms with Gasteiger partial charge in [-0.3, -0.25) is 0 Å². The van der Waals surface area contributed by atoms with Gasteiger partial charge in [0, 0.05) is 13.1 Å². The lowest BCUT2D eigenvalue weighted by Crippen LogP contribution is -2.07. The molecule has 1 aromatic carbocycles. The van der Waals surface area contributed by atoms with Gasteiger partial charge in [0.1, 0.15) is 5.82 Å². The number of anilines is 1. The normalized spacial score (nSPS) is 10.6. The van der Waals surface area contributed by atoms with Gasteiger partial charge in [0.2, 0.25) is 0 Å². The summed E-state index contributed by atoms with van der Waals surface area (Å²) in [4.78, 5) is 0. The van der Waals surface area contributed by atoms with Crippen LogP contribution in [-0.4, -0.2) is 20.1 Å². The van der Waals surface area contributed by atoms with Gasteiger partial charge in [0.25, 0.3) is 0 Å². The summed E-state index contributed by atoms with van der Waals surface area (Å²) in [5, 5.41) is 20.2. The number of nitrogens with one attached hydrogen (secondary N) is 1. The highest BCUT2D eigenvalue weighted by Crippen LogP contribution is 2.09. The first-order valence-electron chi connectivity index (χ1n) is 6.14. The molecule has 0 aliphatic carbocycles. The van der Waals surface area contributed by atoms with E-state index in [9.17, 15) is 0 Å². The van der Waals surface area contributed by atoms with Gasteiger partial charge in [-0.15, -0.1) is 5.10 Å². The SMILES string of the molecule is CCCn1nncc1NCc1ccc(CO)cc1. The summed E-state index contributed by atoms with van der Waals surface area (Å²) in [6.07, 6.45) is 2.76. The summed E-state index contributed by atoms with van der Waals surface area (Å²) >= 11 is 0. The number of hydrogen-bond donors (Lipinski definition) is 2. The van der Waals surface area contributed by atoms with Gasteiger partial charge in [-0.1, -0.05) is 36.4 Å². The van der Waals surface area contributed by atoms with Crippen molar-refractivity contribution in [3.8, 4) is 0 Å². The number of hydrogen-bond acceptors (Lipinski definition) is 4. The average molecular weight is 246 g/mol. The van der Waals surface area contributed by atoms with Crippen LogP contribution in [-0.2, 0) is 19.7 Å². The van der Waals surface area contributed by atoms with Gasteiger partial charge in [-0.05, 0) is 17.5 Å². The minimum absolute atomic E-state index is 0.0842. The maximum Gasteiger partial charge on any atom is 0.145 e. The largest absolute Gasteiger partial charge is 0.392 e. The molecule has 1 aromatic heterocycles. The highest BCUT2D eigenvalue weighted by Gasteiger charge is 2.02. The van der Waals surface area contributed by atoms with Crippen LogP contribution in [0.25, 0.3) is 0 Å². The van der Waals surface area contributed by atoms with Crippen LogP contribution in [0.5, 0.6) is 0 Å². The van der Waals surface area contributed by atoms with E-state index in [1.807, 2.05) is 28.9 Å². The average Bonchev–Trinajstić information content (AvgIpc) is 2.85. The van der Waals surface area contributed by atoms with Crippen LogP contribution < -0.4 is 5.32 Å². The van der Waals surface area contributed by atoms with E-state index in [-0.39, 0.29) is 6.61 Å². The Morgan fingerprint density at radius 2 is 1.94 bits per heavy atom. The molecule has 5 nitrogen and oxygen atoms in total. The number of rotatable bonds is 6. The van der Waals surface area contributed by atoms with Crippen LogP contribution in [0.4, 0.5) is 5.82 Å². The van der Waals surface area contributed by atoms with Crippen LogP contribution in [0.15, 0.2) is 30.5 Å². The van der Waals surface area contributed by atoms with Gasteiger partial charge in [-0.2, -0.15) is 0 Å². The number of aliphatic hydroxyl groups is 1. The molecule has 0 fully saturated rings. The summed E-state index contributed by atoms with van der Waals surface area (Å²) in [5.41, 5.74) is 2.09. The van der Waals surface area contributed by atoms with E-state index in [0.717, 1.165) is 36.5 Å². The lowest BCUT2D eigenvalue weighted by Gasteiger charge is -2.08. The van der Waals surface area contributed by atoms with E-state index in [1.54, 1.807) is 6.20 Å². The van der Waals surface area contributed by atoms with Crippen molar-refractivity contribution in [3.63, 3.8) is 0 Å². The molecule has 0 aliphatic heterocycles. The smallest absolute Gasteiger partial charge is 0.145 e. The maximum atomic E-state index is 8.97. The predicted octanol–water partition coefficient (Wildman–Crippen LogP) is 1.79. The van der Waals surface area contributed by atoms with E-state index in [2.05, 4.69) is 22.6 Å². The maximum absolute atomic E-state index is 8.97. The number of aliphatic hydroxyl groups excluding tert-OH is 1. The molecule has 2 rings (SSSR count). The van der Waals surface area contributed by atoms with Crippen molar-refractivity contribution >= 4 is 5.82 Å². The van der Waals surface area contributed by atoms with E-state index < -0.39 is 0 Å². The Balaban J connectivity index is 1.95. The molecule has 0 saturated heterocycles.